The second kappa shape index (κ2) is 9.94. The fraction of sp³-hybridized carbons (Fsp3) is 0.500. The smallest absolute Gasteiger partial charge is 0.410 e. The molecular weight excluding hydrogens is 508 g/mol. The van der Waals surface area contributed by atoms with Crippen LogP contribution in [-0.2, 0) is 11.8 Å². The van der Waals surface area contributed by atoms with E-state index in [0.717, 1.165) is 35.5 Å². The molecule has 202 valence electrons. The molecule has 0 aliphatic carbocycles. The third kappa shape index (κ3) is 5.20. The van der Waals surface area contributed by atoms with Gasteiger partial charge in [-0.2, -0.15) is 10.2 Å². The van der Waals surface area contributed by atoms with Gasteiger partial charge >= 0.3 is 6.09 Å². The molecule has 1 amide bonds. The van der Waals surface area contributed by atoms with Gasteiger partial charge < -0.3 is 14.4 Å². The molecule has 12 heteroatoms. The third-order valence-electron chi connectivity index (χ3n) is 6.65. The van der Waals surface area contributed by atoms with Gasteiger partial charge in [0.25, 0.3) is 0 Å². The van der Waals surface area contributed by atoms with Gasteiger partial charge in [0, 0.05) is 38.1 Å². The lowest BCUT2D eigenvalue weighted by Crippen LogP contribution is -2.42. The van der Waals surface area contributed by atoms with E-state index in [9.17, 15) is 4.79 Å². The quantitative estimate of drug-likeness (QED) is 0.351. The number of amides is 1. The fourth-order valence-corrected chi connectivity index (χ4v) is 4.97. The van der Waals surface area contributed by atoms with Crippen molar-refractivity contribution in [2.24, 2.45) is 7.05 Å². The lowest BCUT2D eigenvalue weighted by Gasteiger charge is -2.33. The molecule has 5 heterocycles. The Hall–Kier alpha value is -3.60. The van der Waals surface area contributed by atoms with Crippen LogP contribution in [0.5, 0.6) is 5.75 Å². The summed E-state index contributed by atoms with van der Waals surface area (Å²) >= 11 is 6.46. The van der Waals surface area contributed by atoms with Gasteiger partial charge in [-0.1, -0.05) is 16.8 Å². The number of carbonyl (C=O) groups is 1. The van der Waals surface area contributed by atoms with Crippen LogP contribution in [0.4, 0.5) is 4.79 Å². The Labute approximate surface area is 226 Å². The number of aryl methyl sites for hydroxylation is 1. The molecular formula is C26H33ClN8O3. The van der Waals surface area contributed by atoms with Crippen LogP contribution < -0.4 is 4.74 Å². The van der Waals surface area contributed by atoms with E-state index in [-0.39, 0.29) is 18.2 Å². The van der Waals surface area contributed by atoms with E-state index in [1.165, 1.54) is 0 Å². The minimum Gasteiger partial charge on any atom is -0.482 e. The number of aromatic nitrogens is 7. The van der Waals surface area contributed by atoms with Gasteiger partial charge in [0.1, 0.15) is 34.4 Å². The Balaban J connectivity index is 1.38. The standard InChI is InChI=1S/C26H33ClN8O3/c1-16-23(29-31-35(16)19-7-11-33(12-8-19)25(36)38-26(3,4)5)18-13-22(24-20(27)14-28-34(24)15-18)37-17(2)21-9-10-32(6)30-21/h9-10,13-15,17,19H,7-8,11-12H2,1-6H3/t17-/m1/s1. The number of hydrogen-bond acceptors (Lipinski definition) is 7. The number of halogens is 1. The average molecular weight is 541 g/mol. The van der Waals surface area contributed by atoms with E-state index in [1.54, 1.807) is 20.3 Å². The number of pyridine rings is 1. The van der Waals surface area contributed by atoms with Gasteiger partial charge in [0.2, 0.25) is 0 Å². The second-order valence-corrected chi connectivity index (χ2v) is 11.1. The highest BCUT2D eigenvalue weighted by Crippen LogP contribution is 2.35. The van der Waals surface area contributed by atoms with E-state index in [4.69, 9.17) is 21.1 Å². The van der Waals surface area contributed by atoms with Crippen LogP contribution in [-0.4, -0.2) is 64.1 Å². The fourth-order valence-electron chi connectivity index (χ4n) is 4.74. The molecule has 0 aromatic carbocycles. The summed E-state index contributed by atoms with van der Waals surface area (Å²) in [7, 11) is 1.87. The number of ether oxygens (including phenoxy) is 2. The summed E-state index contributed by atoms with van der Waals surface area (Å²) in [5, 5.41) is 18.4. The highest BCUT2D eigenvalue weighted by molar-refractivity contribution is 6.34. The largest absolute Gasteiger partial charge is 0.482 e. The normalized spacial score (nSPS) is 15.7. The van der Waals surface area contributed by atoms with Crippen molar-refractivity contribution in [1.29, 1.82) is 0 Å². The lowest BCUT2D eigenvalue weighted by molar-refractivity contribution is 0.0184. The van der Waals surface area contributed by atoms with Crippen LogP contribution in [0.1, 0.15) is 64.1 Å². The van der Waals surface area contributed by atoms with Crippen LogP contribution >= 0.6 is 11.6 Å². The Morgan fingerprint density at radius 3 is 2.63 bits per heavy atom. The van der Waals surface area contributed by atoms with Gasteiger partial charge in [-0.15, -0.1) is 5.10 Å². The minimum atomic E-state index is -0.511. The average Bonchev–Trinajstić information content (AvgIpc) is 3.56. The molecule has 38 heavy (non-hydrogen) atoms. The van der Waals surface area contributed by atoms with Gasteiger partial charge in [-0.3, -0.25) is 4.68 Å². The van der Waals surface area contributed by atoms with E-state index < -0.39 is 5.60 Å². The highest BCUT2D eigenvalue weighted by atomic mass is 35.5. The molecule has 0 bridgehead atoms. The topological polar surface area (TPSA) is 105 Å². The number of likely N-dealkylation sites (tertiary alicyclic amines) is 1. The van der Waals surface area contributed by atoms with Gasteiger partial charge in [0.15, 0.2) is 0 Å². The molecule has 1 fully saturated rings. The number of hydrogen-bond donors (Lipinski definition) is 0. The van der Waals surface area contributed by atoms with Crippen molar-refractivity contribution in [3.05, 3.63) is 47.1 Å². The molecule has 1 aliphatic rings. The van der Waals surface area contributed by atoms with Gasteiger partial charge in [-0.25, -0.2) is 14.0 Å². The zero-order valence-corrected chi connectivity index (χ0v) is 23.3. The summed E-state index contributed by atoms with van der Waals surface area (Å²) in [5.74, 6) is 0.586. The monoisotopic (exact) mass is 540 g/mol. The maximum atomic E-state index is 12.5. The summed E-state index contributed by atoms with van der Waals surface area (Å²) in [6.45, 7) is 10.8. The number of carbonyl (C=O) groups excluding carboxylic acids is 1. The minimum absolute atomic E-state index is 0.137. The van der Waals surface area contributed by atoms with Crippen LogP contribution in [0.2, 0.25) is 5.02 Å². The Morgan fingerprint density at radius 2 is 1.97 bits per heavy atom. The van der Waals surface area contributed by atoms with Crippen molar-refractivity contribution in [2.45, 2.75) is 65.2 Å². The van der Waals surface area contributed by atoms with E-state index in [2.05, 4.69) is 20.5 Å². The predicted octanol–water partition coefficient (Wildman–Crippen LogP) is 5.00. The maximum absolute atomic E-state index is 12.5. The molecule has 11 nitrogen and oxygen atoms in total. The second-order valence-electron chi connectivity index (χ2n) is 10.7. The predicted molar refractivity (Wildman–Crippen MR) is 142 cm³/mol. The maximum Gasteiger partial charge on any atom is 0.410 e. The number of nitrogens with zero attached hydrogens (tertiary/aromatic N) is 8. The zero-order chi connectivity index (χ0) is 27.2. The summed E-state index contributed by atoms with van der Waals surface area (Å²) in [6.07, 6.45) is 6.33. The van der Waals surface area contributed by atoms with Crippen LogP contribution in [0.25, 0.3) is 16.8 Å². The van der Waals surface area contributed by atoms with E-state index in [0.29, 0.717) is 29.4 Å². The van der Waals surface area contributed by atoms with Gasteiger partial charge in [-0.05, 0) is 59.6 Å². The Bertz CT molecular complexity index is 1460. The highest BCUT2D eigenvalue weighted by Gasteiger charge is 2.29. The van der Waals surface area contributed by atoms with Crippen LogP contribution in [0, 0.1) is 6.92 Å². The van der Waals surface area contributed by atoms with Crippen LogP contribution in [0.3, 0.4) is 0 Å². The third-order valence-corrected chi connectivity index (χ3v) is 6.93. The van der Waals surface area contributed by atoms with Crippen molar-refractivity contribution in [3.63, 3.8) is 0 Å². The SMILES string of the molecule is Cc1c(-c2cc(O[C@H](C)c3ccn(C)n3)c3c(Cl)cnn3c2)nnn1C1CCN(C(=O)OC(C)(C)C)CC1. The summed E-state index contributed by atoms with van der Waals surface area (Å²) < 4.78 is 17.3. The number of fused-ring (bicyclic) bond motifs is 1. The molecule has 4 aromatic rings. The number of piperidine rings is 1. The zero-order valence-electron chi connectivity index (χ0n) is 22.6. The first kappa shape index (κ1) is 26.0. The molecule has 0 saturated carbocycles. The molecule has 0 unspecified atom stereocenters. The summed E-state index contributed by atoms with van der Waals surface area (Å²) in [6, 6.07) is 3.99. The van der Waals surface area contributed by atoms with E-state index >= 15 is 0 Å². The van der Waals surface area contributed by atoms with Crippen molar-refractivity contribution >= 4 is 23.2 Å². The summed E-state index contributed by atoms with van der Waals surface area (Å²) in [5.41, 5.74) is 3.47. The first-order valence-corrected chi connectivity index (χ1v) is 13.1. The molecule has 0 spiro atoms. The molecule has 1 atom stereocenters. The van der Waals surface area contributed by atoms with E-state index in [1.807, 2.05) is 70.9 Å². The van der Waals surface area contributed by atoms with Crippen molar-refractivity contribution in [1.82, 2.24) is 39.3 Å². The first-order chi connectivity index (χ1) is 18.0. The van der Waals surface area contributed by atoms with Crippen molar-refractivity contribution in [3.8, 4) is 17.0 Å². The molecule has 0 N–H and O–H groups in total. The Morgan fingerprint density at radius 1 is 1.24 bits per heavy atom. The number of rotatable bonds is 5. The molecule has 4 aromatic heterocycles. The van der Waals surface area contributed by atoms with Crippen molar-refractivity contribution < 1.29 is 14.3 Å². The molecule has 5 rings (SSSR count). The van der Waals surface area contributed by atoms with Crippen molar-refractivity contribution in [2.75, 3.05) is 13.1 Å². The first-order valence-electron chi connectivity index (χ1n) is 12.7. The van der Waals surface area contributed by atoms with Crippen LogP contribution in [0.15, 0.2) is 30.7 Å². The molecule has 1 aliphatic heterocycles. The molecule has 1 saturated heterocycles. The van der Waals surface area contributed by atoms with Gasteiger partial charge in [0.05, 0.1) is 23.0 Å². The molecule has 0 radical (unpaired) electrons. The summed E-state index contributed by atoms with van der Waals surface area (Å²) in [4.78, 5) is 14.2. The lowest BCUT2D eigenvalue weighted by atomic mass is 10.0. The Kier molecular flexibility index (Phi) is 6.81.